The number of hydrogen-bond acceptors (Lipinski definition) is 8. The average molecular weight is 608 g/mol. The quantitative estimate of drug-likeness (QED) is 0.403. The molecule has 220 valence electrons. The number of nitrogens with zero attached hydrogens (tertiary/aromatic N) is 4. The summed E-state index contributed by atoms with van der Waals surface area (Å²) in [6, 6.07) is 5.37. The monoisotopic (exact) mass is 607 g/mol. The SMILES string of the molecule is CCS(=O)c1ccc(CNC(=O)c2cc3c(s2)C2(CCN(C(C)c4cnc(C(F)(F)F)nc4)CC2)OC(C)C3)nc1. The number of alkyl halides is 3. The minimum atomic E-state index is -4.57. The van der Waals surface area contributed by atoms with Gasteiger partial charge in [0, 0.05) is 53.9 Å². The van der Waals surface area contributed by atoms with Gasteiger partial charge in [-0.05, 0) is 56.9 Å². The fourth-order valence-corrected chi connectivity index (χ4v) is 7.49. The molecule has 5 rings (SSSR count). The lowest BCUT2D eigenvalue weighted by Gasteiger charge is -2.47. The van der Waals surface area contributed by atoms with Crippen molar-refractivity contribution in [2.24, 2.45) is 0 Å². The number of halogens is 3. The fourth-order valence-electron chi connectivity index (χ4n) is 5.47. The van der Waals surface area contributed by atoms with Crippen molar-refractivity contribution in [2.45, 2.75) is 75.4 Å². The van der Waals surface area contributed by atoms with E-state index in [1.54, 1.807) is 18.3 Å². The number of rotatable bonds is 7. The van der Waals surface area contributed by atoms with Gasteiger partial charge in [0.05, 0.1) is 38.9 Å². The number of ether oxygens (including phenoxy) is 1. The molecule has 0 radical (unpaired) electrons. The van der Waals surface area contributed by atoms with Crippen LogP contribution in [0.2, 0.25) is 0 Å². The van der Waals surface area contributed by atoms with Crippen molar-refractivity contribution in [2.75, 3.05) is 18.8 Å². The van der Waals surface area contributed by atoms with Crippen LogP contribution in [0.25, 0.3) is 0 Å². The minimum Gasteiger partial charge on any atom is -0.366 e. The van der Waals surface area contributed by atoms with E-state index < -0.39 is 28.4 Å². The first kappa shape index (κ1) is 29.7. The number of hydrogen-bond donors (Lipinski definition) is 1. The predicted molar refractivity (Wildman–Crippen MR) is 149 cm³/mol. The van der Waals surface area contributed by atoms with E-state index in [1.165, 1.54) is 23.7 Å². The number of pyridine rings is 1. The van der Waals surface area contributed by atoms with Crippen molar-refractivity contribution < 1.29 is 26.9 Å². The summed E-state index contributed by atoms with van der Waals surface area (Å²) >= 11 is 1.46. The topological polar surface area (TPSA) is 97.3 Å². The first-order valence-electron chi connectivity index (χ1n) is 13.5. The van der Waals surface area contributed by atoms with Gasteiger partial charge in [-0.25, -0.2) is 9.97 Å². The molecule has 2 aliphatic rings. The first-order chi connectivity index (χ1) is 19.5. The molecular weight excluding hydrogens is 575 g/mol. The highest BCUT2D eigenvalue weighted by atomic mass is 32.2. The first-order valence-corrected chi connectivity index (χ1v) is 15.7. The molecule has 0 aromatic carbocycles. The zero-order valence-electron chi connectivity index (χ0n) is 23.0. The van der Waals surface area contributed by atoms with Crippen LogP contribution >= 0.6 is 11.3 Å². The van der Waals surface area contributed by atoms with Crippen LogP contribution in [0.3, 0.4) is 0 Å². The molecule has 0 aliphatic carbocycles. The number of piperidine rings is 1. The van der Waals surface area contributed by atoms with E-state index in [0.717, 1.165) is 16.9 Å². The highest BCUT2D eigenvalue weighted by molar-refractivity contribution is 7.85. The van der Waals surface area contributed by atoms with Gasteiger partial charge in [0.1, 0.15) is 5.60 Å². The molecule has 0 saturated carbocycles. The summed E-state index contributed by atoms with van der Waals surface area (Å²) in [4.78, 5) is 29.0. The van der Waals surface area contributed by atoms with Gasteiger partial charge < -0.3 is 10.1 Å². The highest BCUT2D eigenvalue weighted by Gasteiger charge is 2.45. The van der Waals surface area contributed by atoms with Gasteiger partial charge in [-0.3, -0.25) is 18.9 Å². The molecule has 1 amide bonds. The summed E-state index contributed by atoms with van der Waals surface area (Å²) in [5.41, 5.74) is 1.94. The summed E-state index contributed by atoms with van der Waals surface area (Å²) < 4.78 is 57.1. The summed E-state index contributed by atoms with van der Waals surface area (Å²) in [5, 5.41) is 2.94. The van der Waals surface area contributed by atoms with E-state index in [1.807, 2.05) is 26.8 Å². The van der Waals surface area contributed by atoms with Gasteiger partial charge in [-0.15, -0.1) is 11.3 Å². The Morgan fingerprint density at radius 2 is 1.93 bits per heavy atom. The van der Waals surface area contributed by atoms with Gasteiger partial charge in [0.25, 0.3) is 5.91 Å². The summed E-state index contributed by atoms with van der Waals surface area (Å²) in [6.45, 7) is 7.45. The summed E-state index contributed by atoms with van der Waals surface area (Å²) in [5.74, 6) is -0.793. The smallest absolute Gasteiger partial charge is 0.366 e. The van der Waals surface area contributed by atoms with Gasteiger partial charge in [0.15, 0.2) is 0 Å². The van der Waals surface area contributed by atoms with Crippen LogP contribution < -0.4 is 5.32 Å². The Morgan fingerprint density at radius 1 is 1.22 bits per heavy atom. The van der Waals surface area contributed by atoms with E-state index in [0.29, 0.717) is 52.7 Å². The van der Waals surface area contributed by atoms with Crippen LogP contribution in [0.5, 0.6) is 0 Å². The van der Waals surface area contributed by atoms with Crippen LogP contribution in [0.4, 0.5) is 13.2 Å². The molecule has 8 nitrogen and oxygen atoms in total. The van der Waals surface area contributed by atoms with Crippen LogP contribution in [-0.4, -0.2) is 54.9 Å². The Kier molecular flexibility index (Phi) is 8.61. The van der Waals surface area contributed by atoms with Crippen LogP contribution in [-0.2, 0) is 40.3 Å². The highest BCUT2D eigenvalue weighted by Crippen LogP contribution is 2.48. The Hall–Kier alpha value is -2.74. The molecule has 1 N–H and O–H groups in total. The van der Waals surface area contributed by atoms with E-state index in [9.17, 15) is 22.2 Å². The van der Waals surface area contributed by atoms with Crippen LogP contribution in [0, 0.1) is 0 Å². The fraction of sp³-hybridized carbons (Fsp3) is 0.500. The molecule has 41 heavy (non-hydrogen) atoms. The third-order valence-electron chi connectivity index (χ3n) is 7.69. The van der Waals surface area contributed by atoms with Gasteiger partial charge in [-0.1, -0.05) is 6.92 Å². The minimum absolute atomic E-state index is 0.00307. The molecule has 3 aromatic heterocycles. The van der Waals surface area contributed by atoms with E-state index in [4.69, 9.17) is 4.74 Å². The van der Waals surface area contributed by atoms with Crippen LogP contribution in [0.1, 0.15) is 76.8 Å². The van der Waals surface area contributed by atoms with Crippen molar-refractivity contribution in [3.8, 4) is 0 Å². The average Bonchev–Trinajstić information content (AvgIpc) is 3.40. The second-order valence-electron chi connectivity index (χ2n) is 10.4. The third-order valence-corrected chi connectivity index (χ3v) is 10.3. The molecule has 5 heterocycles. The van der Waals surface area contributed by atoms with Gasteiger partial charge in [-0.2, -0.15) is 13.2 Å². The standard InChI is InChI=1S/C28H32F3N5O3S2/c1-4-41(38)22-6-5-21(32-16-22)15-33-25(37)23-12-19-11-17(2)39-27(24(19)40-23)7-9-36(10-8-27)18(3)20-13-34-26(35-14-20)28(29,30)31/h5-6,12-14,16-18H,4,7-11,15H2,1-3H3,(H,33,37). The Balaban J connectivity index is 1.25. The van der Waals surface area contributed by atoms with Crippen LogP contribution in [0.15, 0.2) is 41.7 Å². The largest absolute Gasteiger partial charge is 0.451 e. The third kappa shape index (κ3) is 6.37. The van der Waals surface area contributed by atoms with E-state index in [-0.39, 0.29) is 24.6 Å². The molecule has 3 atom stereocenters. The van der Waals surface area contributed by atoms with E-state index >= 15 is 0 Å². The molecule has 1 spiro atoms. The molecular formula is C28H32F3N5O3S2. The molecule has 2 aliphatic heterocycles. The maximum Gasteiger partial charge on any atom is 0.451 e. The Labute approximate surface area is 243 Å². The molecule has 3 unspecified atom stereocenters. The van der Waals surface area contributed by atoms with Crippen molar-refractivity contribution in [1.82, 2.24) is 25.2 Å². The van der Waals surface area contributed by atoms with E-state index in [2.05, 4.69) is 25.2 Å². The zero-order chi connectivity index (χ0) is 29.4. The van der Waals surface area contributed by atoms with Gasteiger partial charge >= 0.3 is 6.18 Å². The number of amides is 1. The Bertz CT molecular complexity index is 1400. The van der Waals surface area contributed by atoms with Crippen molar-refractivity contribution in [3.63, 3.8) is 0 Å². The number of aromatic nitrogens is 3. The zero-order valence-corrected chi connectivity index (χ0v) is 24.7. The van der Waals surface area contributed by atoms with Crippen molar-refractivity contribution in [1.29, 1.82) is 0 Å². The predicted octanol–water partition coefficient (Wildman–Crippen LogP) is 5.02. The normalized spacial score (nSPS) is 20.4. The maximum atomic E-state index is 13.1. The molecule has 0 bridgehead atoms. The second kappa shape index (κ2) is 11.9. The van der Waals surface area contributed by atoms with Crippen molar-refractivity contribution >= 4 is 28.0 Å². The molecule has 3 aromatic rings. The maximum absolute atomic E-state index is 13.1. The molecule has 13 heteroatoms. The number of likely N-dealkylation sites (tertiary alicyclic amines) is 1. The summed E-state index contributed by atoms with van der Waals surface area (Å²) in [6.07, 6.45) is 1.65. The number of fused-ring (bicyclic) bond motifs is 2. The number of carbonyl (C=O) groups excluding carboxylic acids is 1. The lowest BCUT2D eigenvalue weighted by Crippen LogP contribution is -2.48. The number of carbonyl (C=O) groups is 1. The lowest BCUT2D eigenvalue weighted by atomic mass is 9.83. The number of nitrogens with one attached hydrogen (secondary N) is 1. The van der Waals surface area contributed by atoms with Crippen molar-refractivity contribution in [3.05, 3.63) is 69.2 Å². The lowest BCUT2D eigenvalue weighted by molar-refractivity contribution is -0.145. The Morgan fingerprint density at radius 3 is 2.54 bits per heavy atom. The number of thiophene rings is 1. The summed E-state index contributed by atoms with van der Waals surface area (Å²) in [7, 11) is -1.07. The second-order valence-corrected chi connectivity index (χ2v) is 13.2. The molecule has 1 fully saturated rings. The molecule has 1 saturated heterocycles. The van der Waals surface area contributed by atoms with Gasteiger partial charge in [0.2, 0.25) is 5.82 Å².